The molecule has 188 valence electrons. The van der Waals surface area contributed by atoms with Crippen molar-refractivity contribution in [3.05, 3.63) is 105 Å². The maximum Gasteiger partial charge on any atom is 0.264 e. The molecule has 8 nitrogen and oxygen atoms in total. The van der Waals surface area contributed by atoms with Crippen LogP contribution >= 0.6 is 39.3 Å². The molecule has 12 heteroatoms. The molecule has 0 fully saturated rings. The number of sulfonamides is 1. The molecule has 4 aromatic rings. The number of amides is 1. The first-order valence-electron chi connectivity index (χ1n) is 11.1. The van der Waals surface area contributed by atoms with E-state index < -0.39 is 21.2 Å². The molecule has 1 amide bonds. The summed E-state index contributed by atoms with van der Waals surface area (Å²) in [6.45, 7) is 0. The number of benzene rings is 3. The van der Waals surface area contributed by atoms with Gasteiger partial charge < -0.3 is 0 Å². The molecule has 5 rings (SSSR count). The largest absolute Gasteiger partial charge is 0.274 e. The van der Waals surface area contributed by atoms with Crippen molar-refractivity contribution in [1.82, 2.24) is 19.6 Å². The summed E-state index contributed by atoms with van der Waals surface area (Å²) in [5, 5.41) is 14.0. The molecule has 0 bridgehead atoms. The summed E-state index contributed by atoms with van der Waals surface area (Å²) < 4.78 is 30.1. The molecule has 0 saturated heterocycles. The van der Waals surface area contributed by atoms with Crippen LogP contribution in [0.5, 0.6) is 0 Å². The summed E-state index contributed by atoms with van der Waals surface area (Å²) in [4.78, 5) is 12.9. The molecular formula is C25H19BrClN5O3S2. The Balaban J connectivity index is 1.43. The maximum atomic E-state index is 12.9. The van der Waals surface area contributed by atoms with E-state index in [2.05, 4.69) is 30.8 Å². The number of aromatic nitrogens is 3. The fourth-order valence-corrected chi connectivity index (χ4v) is 6.27. The lowest BCUT2D eigenvalue weighted by atomic mass is 10.1. The monoisotopic (exact) mass is 615 g/mol. The van der Waals surface area contributed by atoms with Gasteiger partial charge in [0.2, 0.25) is 11.1 Å². The van der Waals surface area contributed by atoms with Gasteiger partial charge in [-0.05, 0) is 47.5 Å². The molecule has 1 aliphatic rings. The molecule has 37 heavy (non-hydrogen) atoms. The lowest BCUT2D eigenvalue weighted by Crippen LogP contribution is -2.35. The van der Waals surface area contributed by atoms with Gasteiger partial charge >= 0.3 is 0 Å². The van der Waals surface area contributed by atoms with Gasteiger partial charge in [-0.1, -0.05) is 81.8 Å². The fraction of sp³-hybridized carbons (Fsp3) is 0.120. The van der Waals surface area contributed by atoms with E-state index in [0.29, 0.717) is 28.1 Å². The van der Waals surface area contributed by atoms with Crippen LogP contribution in [-0.4, -0.2) is 40.2 Å². The van der Waals surface area contributed by atoms with Crippen LogP contribution in [-0.2, 0) is 21.2 Å². The van der Waals surface area contributed by atoms with E-state index >= 15 is 0 Å². The summed E-state index contributed by atoms with van der Waals surface area (Å²) in [5.41, 5.74) is 2.40. The van der Waals surface area contributed by atoms with E-state index in [1.807, 2.05) is 36.4 Å². The van der Waals surface area contributed by atoms with Gasteiger partial charge in [-0.2, -0.15) is 9.78 Å². The highest BCUT2D eigenvalue weighted by Crippen LogP contribution is 2.33. The van der Waals surface area contributed by atoms with Crippen LogP contribution in [0.1, 0.15) is 23.4 Å². The van der Waals surface area contributed by atoms with E-state index in [1.165, 1.54) is 23.9 Å². The number of halogens is 2. The van der Waals surface area contributed by atoms with Crippen molar-refractivity contribution >= 4 is 60.9 Å². The minimum atomic E-state index is -3.99. The van der Waals surface area contributed by atoms with E-state index in [-0.39, 0.29) is 11.3 Å². The number of carbonyl (C=O) groups excluding carboxylic acids is 1. The Labute approximate surface area is 231 Å². The fourth-order valence-electron chi connectivity index (χ4n) is 3.74. The standard InChI is InChI=1S/C25H19BrClN5O3S2/c26-18-10-6-16(7-11-18)14-22-28-29-25-32(22)30-24(17-8-12-19(27)13-9-17)21(36-25)15-23(33)31-37(34,35)20-4-2-1-3-5-20/h1-13,21H,14-15H2,(H,31,33). The molecule has 0 aliphatic carbocycles. The average molecular weight is 617 g/mol. The molecule has 2 heterocycles. The van der Waals surface area contributed by atoms with E-state index in [4.69, 9.17) is 16.7 Å². The topological polar surface area (TPSA) is 106 Å². The van der Waals surface area contributed by atoms with Crippen LogP contribution in [0.2, 0.25) is 5.02 Å². The van der Waals surface area contributed by atoms with Crippen molar-refractivity contribution in [1.29, 1.82) is 0 Å². The Morgan fingerprint density at radius 1 is 1.00 bits per heavy atom. The lowest BCUT2D eigenvalue weighted by Gasteiger charge is -2.23. The zero-order valence-electron chi connectivity index (χ0n) is 19.1. The van der Waals surface area contributed by atoms with Crippen molar-refractivity contribution in [2.24, 2.45) is 5.10 Å². The maximum absolute atomic E-state index is 12.9. The molecule has 1 atom stereocenters. The van der Waals surface area contributed by atoms with Crippen molar-refractivity contribution < 1.29 is 13.2 Å². The molecule has 0 radical (unpaired) electrons. The Bertz CT molecular complexity index is 1580. The van der Waals surface area contributed by atoms with Crippen LogP contribution in [0.3, 0.4) is 0 Å². The van der Waals surface area contributed by atoms with Gasteiger partial charge in [0.25, 0.3) is 10.0 Å². The molecule has 0 spiro atoms. The van der Waals surface area contributed by atoms with E-state index in [0.717, 1.165) is 15.6 Å². The van der Waals surface area contributed by atoms with Gasteiger partial charge in [0.05, 0.1) is 15.9 Å². The van der Waals surface area contributed by atoms with Gasteiger partial charge in [0.15, 0.2) is 5.82 Å². The first kappa shape index (κ1) is 25.7. The third-order valence-electron chi connectivity index (χ3n) is 5.53. The van der Waals surface area contributed by atoms with E-state index in [9.17, 15) is 13.2 Å². The summed E-state index contributed by atoms with van der Waals surface area (Å²) in [5.74, 6) is -0.00286. The highest BCUT2D eigenvalue weighted by Gasteiger charge is 2.32. The molecule has 1 unspecified atom stereocenters. The molecule has 3 aromatic carbocycles. The minimum Gasteiger partial charge on any atom is -0.274 e. The van der Waals surface area contributed by atoms with Crippen molar-refractivity contribution in [2.45, 2.75) is 28.1 Å². The number of fused-ring (bicyclic) bond motifs is 1. The van der Waals surface area contributed by atoms with Crippen molar-refractivity contribution in [3.63, 3.8) is 0 Å². The molecule has 1 aliphatic heterocycles. The van der Waals surface area contributed by atoms with Gasteiger partial charge in [-0.25, -0.2) is 13.1 Å². The summed E-state index contributed by atoms with van der Waals surface area (Å²) in [7, 11) is -3.99. The second-order valence-electron chi connectivity index (χ2n) is 8.16. The number of thioether (sulfide) groups is 1. The minimum absolute atomic E-state index is 0.0172. The van der Waals surface area contributed by atoms with Gasteiger partial charge in [0.1, 0.15) is 0 Å². The number of rotatable bonds is 7. The SMILES string of the molecule is O=C(CC1Sc2nnc(Cc3ccc(Br)cc3)n2N=C1c1ccc(Cl)cc1)NS(=O)(=O)c1ccccc1. The van der Waals surface area contributed by atoms with E-state index in [1.54, 1.807) is 35.0 Å². The molecule has 0 saturated carbocycles. The number of hydrogen-bond donors (Lipinski definition) is 1. The highest BCUT2D eigenvalue weighted by molar-refractivity contribution is 9.10. The third kappa shape index (κ3) is 5.96. The van der Waals surface area contributed by atoms with Crippen LogP contribution in [0.15, 0.2) is 98.5 Å². The number of nitrogens with one attached hydrogen (secondary N) is 1. The van der Waals surface area contributed by atoms with Gasteiger partial charge in [-0.15, -0.1) is 10.2 Å². The van der Waals surface area contributed by atoms with Crippen molar-refractivity contribution in [3.8, 4) is 0 Å². The normalized spacial score (nSPS) is 15.1. The first-order valence-corrected chi connectivity index (χ1v) is 14.6. The number of nitrogens with zero attached hydrogens (tertiary/aromatic N) is 4. The molecular weight excluding hydrogens is 598 g/mol. The Kier molecular flexibility index (Phi) is 7.47. The summed E-state index contributed by atoms with van der Waals surface area (Å²) in [6.07, 6.45) is 0.381. The number of hydrogen-bond acceptors (Lipinski definition) is 7. The zero-order chi connectivity index (χ0) is 26.0. The first-order chi connectivity index (χ1) is 17.8. The second-order valence-corrected chi connectivity index (χ2v) is 12.4. The van der Waals surface area contributed by atoms with Gasteiger partial charge in [-0.3, -0.25) is 4.79 Å². The van der Waals surface area contributed by atoms with Crippen molar-refractivity contribution in [2.75, 3.05) is 0 Å². The van der Waals surface area contributed by atoms with Crippen LogP contribution < -0.4 is 4.72 Å². The zero-order valence-corrected chi connectivity index (χ0v) is 23.1. The highest BCUT2D eigenvalue weighted by atomic mass is 79.9. The summed E-state index contributed by atoms with van der Waals surface area (Å²) in [6, 6.07) is 22.8. The Morgan fingerprint density at radius 2 is 1.70 bits per heavy atom. The average Bonchev–Trinajstić information content (AvgIpc) is 3.27. The molecule has 1 aromatic heterocycles. The van der Waals surface area contributed by atoms with Crippen LogP contribution in [0, 0.1) is 0 Å². The lowest BCUT2D eigenvalue weighted by molar-refractivity contribution is -0.119. The third-order valence-corrected chi connectivity index (χ3v) is 8.83. The number of carbonyl (C=O) groups is 1. The molecule has 1 N–H and O–H groups in total. The Hall–Kier alpha value is -2.99. The predicted octanol–water partition coefficient (Wildman–Crippen LogP) is 4.91. The van der Waals surface area contributed by atoms with Crippen LogP contribution in [0.25, 0.3) is 0 Å². The van der Waals surface area contributed by atoms with Gasteiger partial charge in [0, 0.05) is 22.3 Å². The Morgan fingerprint density at radius 3 is 2.41 bits per heavy atom. The summed E-state index contributed by atoms with van der Waals surface area (Å²) >= 11 is 10.8. The second kappa shape index (κ2) is 10.8. The smallest absolute Gasteiger partial charge is 0.264 e. The quantitative estimate of drug-likeness (QED) is 0.316. The predicted molar refractivity (Wildman–Crippen MR) is 146 cm³/mol. The van der Waals surface area contributed by atoms with Crippen LogP contribution in [0.4, 0.5) is 0 Å².